The van der Waals surface area contributed by atoms with Gasteiger partial charge in [-0.25, -0.2) is 4.39 Å². The zero-order valence-electron chi connectivity index (χ0n) is 11.3. The van der Waals surface area contributed by atoms with Crippen LogP contribution in [0.15, 0.2) is 47.4 Å². The van der Waals surface area contributed by atoms with E-state index in [0.29, 0.717) is 0 Å². The average molecular weight is 325 g/mol. The third-order valence-corrected chi connectivity index (χ3v) is 3.78. The standard InChI is InChI=1S/C15H14ClFN2OS/c1-21-14-5-3-2-4-13(14)18-9-15(20)19-12-7-6-10(16)8-11(12)17/h2-8,18H,9H2,1H3,(H,19,20). The van der Waals surface area contributed by atoms with Crippen LogP contribution in [0.5, 0.6) is 0 Å². The molecule has 0 aliphatic heterocycles. The first-order valence-electron chi connectivity index (χ1n) is 6.22. The number of carbonyl (C=O) groups is 1. The fourth-order valence-electron chi connectivity index (χ4n) is 1.75. The van der Waals surface area contributed by atoms with Gasteiger partial charge in [0.1, 0.15) is 5.82 Å². The molecule has 1 amide bonds. The van der Waals surface area contributed by atoms with E-state index >= 15 is 0 Å². The van der Waals surface area contributed by atoms with E-state index < -0.39 is 5.82 Å². The van der Waals surface area contributed by atoms with E-state index in [-0.39, 0.29) is 23.2 Å². The number of hydrogen-bond acceptors (Lipinski definition) is 3. The molecule has 2 aromatic carbocycles. The molecule has 0 aliphatic carbocycles. The van der Waals surface area contributed by atoms with Crippen molar-refractivity contribution in [3.63, 3.8) is 0 Å². The van der Waals surface area contributed by atoms with Gasteiger partial charge in [-0.1, -0.05) is 23.7 Å². The van der Waals surface area contributed by atoms with Crippen LogP contribution in [-0.2, 0) is 4.79 Å². The molecule has 0 radical (unpaired) electrons. The Bertz CT molecular complexity index is 651. The van der Waals surface area contributed by atoms with E-state index in [1.54, 1.807) is 11.8 Å². The maximum absolute atomic E-state index is 13.6. The van der Waals surface area contributed by atoms with Crippen LogP contribution in [0, 0.1) is 5.82 Å². The average Bonchev–Trinajstić information content (AvgIpc) is 2.48. The summed E-state index contributed by atoms with van der Waals surface area (Å²) in [7, 11) is 0. The zero-order chi connectivity index (χ0) is 15.2. The lowest BCUT2D eigenvalue weighted by Crippen LogP contribution is -2.22. The minimum atomic E-state index is -0.555. The third kappa shape index (κ3) is 4.37. The molecule has 0 saturated carbocycles. The maximum atomic E-state index is 13.6. The Hall–Kier alpha value is -1.72. The van der Waals surface area contributed by atoms with Crippen molar-refractivity contribution in [2.75, 3.05) is 23.4 Å². The van der Waals surface area contributed by atoms with E-state index in [0.717, 1.165) is 16.6 Å². The highest BCUT2D eigenvalue weighted by Gasteiger charge is 2.08. The Kier molecular flexibility index (Phi) is 5.47. The molecule has 0 heterocycles. The number of carbonyl (C=O) groups excluding carboxylic acids is 1. The summed E-state index contributed by atoms with van der Waals surface area (Å²) in [5.74, 6) is -0.882. The monoisotopic (exact) mass is 324 g/mol. The molecule has 3 nitrogen and oxygen atoms in total. The number of anilines is 2. The van der Waals surface area contributed by atoms with Gasteiger partial charge in [0, 0.05) is 15.6 Å². The first-order chi connectivity index (χ1) is 10.1. The van der Waals surface area contributed by atoms with Gasteiger partial charge in [-0.2, -0.15) is 0 Å². The number of halogens is 2. The molecule has 110 valence electrons. The minimum Gasteiger partial charge on any atom is -0.375 e. The molecule has 2 N–H and O–H groups in total. The first kappa shape index (κ1) is 15.7. The van der Waals surface area contributed by atoms with E-state index in [2.05, 4.69) is 10.6 Å². The van der Waals surface area contributed by atoms with Crippen molar-refractivity contribution in [1.82, 2.24) is 0 Å². The molecule has 0 saturated heterocycles. The second kappa shape index (κ2) is 7.33. The van der Waals surface area contributed by atoms with Crippen molar-refractivity contribution in [2.45, 2.75) is 4.90 Å². The molecule has 0 atom stereocenters. The van der Waals surface area contributed by atoms with Crippen LogP contribution in [0.4, 0.5) is 15.8 Å². The van der Waals surface area contributed by atoms with Gasteiger partial charge in [0.2, 0.25) is 5.91 Å². The summed E-state index contributed by atoms with van der Waals surface area (Å²) in [5.41, 5.74) is 0.987. The highest BCUT2D eigenvalue weighted by Crippen LogP contribution is 2.24. The fraction of sp³-hybridized carbons (Fsp3) is 0.133. The molecule has 0 unspecified atom stereocenters. The van der Waals surface area contributed by atoms with Crippen LogP contribution in [0.2, 0.25) is 5.02 Å². The topological polar surface area (TPSA) is 41.1 Å². The summed E-state index contributed by atoms with van der Waals surface area (Å²) in [6, 6.07) is 11.8. The Morgan fingerprint density at radius 1 is 1.24 bits per heavy atom. The van der Waals surface area contributed by atoms with Gasteiger partial charge in [-0.05, 0) is 36.6 Å². The quantitative estimate of drug-likeness (QED) is 0.808. The molecule has 2 rings (SSSR count). The SMILES string of the molecule is CSc1ccccc1NCC(=O)Nc1ccc(Cl)cc1F. The van der Waals surface area contributed by atoms with Crippen molar-refractivity contribution in [1.29, 1.82) is 0 Å². The molecule has 0 aliphatic rings. The number of para-hydroxylation sites is 1. The second-order valence-electron chi connectivity index (χ2n) is 4.23. The zero-order valence-corrected chi connectivity index (χ0v) is 12.9. The number of amides is 1. The largest absolute Gasteiger partial charge is 0.375 e. The van der Waals surface area contributed by atoms with Crippen LogP contribution in [0.1, 0.15) is 0 Å². The fourth-order valence-corrected chi connectivity index (χ4v) is 2.48. The van der Waals surface area contributed by atoms with Crippen molar-refractivity contribution < 1.29 is 9.18 Å². The van der Waals surface area contributed by atoms with Crippen LogP contribution >= 0.6 is 23.4 Å². The van der Waals surface area contributed by atoms with Gasteiger partial charge in [-0.3, -0.25) is 4.79 Å². The number of rotatable bonds is 5. The van der Waals surface area contributed by atoms with Gasteiger partial charge in [0.05, 0.1) is 12.2 Å². The summed E-state index contributed by atoms with van der Waals surface area (Å²) in [5, 5.41) is 5.83. The van der Waals surface area contributed by atoms with Gasteiger partial charge in [0.15, 0.2) is 0 Å². The molecule has 0 spiro atoms. The molecule has 21 heavy (non-hydrogen) atoms. The molecular formula is C15H14ClFN2OS. The van der Waals surface area contributed by atoms with Crippen molar-refractivity contribution in [2.24, 2.45) is 0 Å². The summed E-state index contributed by atoms with van der Waals surface area (Å²) < 4.78 is 13.6. The van der Waals surface area contributed by atoms with Gasteiger partial charge in [-0.15, -0.1) is 11.8 Å². The number of thioether (sulfide) groups is 1. The van der Waals surface area contributed by atoms with Crippen LogP contribution in [0.3, 0.4) is 0 Å². The number of hydrogen-bond donors (Lipinski definition) is 2. The molecule has 6 heteroatoms. The van der Waals surface area contributed by atoms with Crippen LogP contribution in [-0.4, -0.2) is 18.7 Å². The Labute approximate surface area is 131 Å². The Morgan fingerprint density at radius 3 is 2.71 bits per heavy atom. The second-order valence-corrected chi connectivity index (χ2v) is 5.51. The maximum Gasteiger partial charge on any atom is 0.243 e. The highest BCUT2D eigenvalue weighted by molar-refractivity contribution is 7.98. The van der Waals surface area contributed by atoms with Crippen molar-refractivity contribution in [3.05, 3.63) is 53.3 Å². The Balaban J connectivity index is 1.96. The highest BCUT2D eigenvalue weighted by atomic mass is 35.5. The normalized spacial score (nSPS) is 10.2. The molecule has 2 aromatic rings. The lowest BCUT2D eigenvalue weighted by molar-refractivity contribution is -0.114. The molecule has 0 fully saturated rings. The van der Waals surface area contributed by atoms with Crippen molar-refractivity contribution in [3.8, 4) is 0 Å². The lowest BCUT2D eigenvalue weighted by Gasteiger charge is -2.11. The van der Waals surface area contributed by atoms with Gasteiger partial charge in [0.25, 0.3) is 0 Å². The smallest absolute Gasteiger partial charge is 0.243 e. The third-order valence-electron chi connectivity index (χ3n) is 2.75. The van der Waals surface area contributed by atoms with E-state index in [1.807, 2.05) is 30.5 Å². The Morgan fingerprint density at radius 2 is 2.00 bits per heavy atom. The first-order valence-corrected chi connectivity index (χ1v) is 7.82. The van der Waals surface area contributed by atoms with Gasteiger partial charge >= 0.3 is 0 Å². The number of nitrogens with one attached hydrogen (secondary N) is 2. The van der Waals surface area contributed by atoms with Crippen LogP contribution in [0.25, 0.3) is 0 Å². The summed E-state index contributed by atoms with van der Waals surface area (Å²) >= 11 is 7.25. The summed E-state index contributed by atoms with van der Waals surface area (Å²) in [6.45, 7) is 0.0552. The predicted molar refractivity (Wildman–Crippen MR) is 86.8 cm³/mol. The molecular weight excluding hydrogens is 311 g/mol. The summed E-state index contributed by atoms with van der Waals surface area (Å²) in [6.07, 6.45) is 1.96. The van der Waals surface area contributed by atoms with E-state index in [1.165, 1.54) is 12.1 Å². The van der Waals surface area contributed by atoms with E-state index in [9.17, 15) is 9.18 Å². The minimum absolute atomic E-state index is 0.0552. The van der Waals surface area contributed by atoms with E-state index in [4.69, 9.17) is 11.6 Å². The number of benzene rings is 2. The molecule has 0 aromatic heterocycles. The van der Waals surface area contributed by atoms with Crippen molar-refractivity contribution >= 4 is 40.6 Å². The molecule has 0 bridgehead atoms. The predicted octanol–water partition coefficient (Wildman–Crippen LogP) is 4.25. The lowest BCUT2D eigenvalue weighted by atomic mass is 10.3. The van der Waals surface area contributed by atoms with Gasteiger partial charge < -0.3 is 10.6 Å². The van der Waals surface area contributed by atoms with Crippen LogP contribution < -0.4 is 10.6 Å². The summed E-state index contributed by atoms with van der Waals surface area (Å²) in [4.78, 5) is 12.9.